The summed E-state index contributed by atoms with van der Waals surface area (Å²) in [7, 11) is 2.09. The Morgan fingerprint density at radius 3 is 2.23 bits per heavy atom. The Morgan fingerprint density at radius 2 is 1.62 bits per heavy atom. The molecule has 1 aliphatic heterocycles. The van der Waals surface area contributed by atoms with E-state index < -0.39 is 5.76 Å². The molecule has 2 N–H and O–H groups in total. The van der Waals surface area contributed by atoms with Gasteiger partial charge in [-0.05, 0) is 59.7 Å². The van der Waals surface area contributed by atoms with Crippen molar-refractivity contribution in [1.82, 2.24) is 9.88 Å². The maximum absolute atomic E-state index is 14.1. The van der Waals surface area contributed by atoms with Crippen molar-refractivity contribution < 1.29 is 14.5 Å². The lowest BCUT2D eigenvalue weighted by atomic mass is 9.93. The maximum atomic E-state index is 14.1. The van der Waals surface area contributed by atoms with Crippen LogP contribution in [0.3, 0.4) is 0 Å². The summed E-state index contributed by atoms with van der Waals surface area (Å²) in [6.07, 6.45) is 2.30. The molecule has 4 aromatic rings. The lowest BCUT2D eigenvalue weighted by Gasteiger charge is -2.44. The third kappa shape index (κ3) is 5.24. The van der Waals surface area contributed by atoms with Gasteiger partial charge in [0.05, 0.1) is 5.56 Å². The molecule has 0 spiro atoms. The van der Waals surface area contributed by atoms with E-state index in [0.717, 1.165) is 52.1 Å². The van der Waals surface area contributed by atoms with Gasteiger partial charge in [-0.15, -0.1) is 0 Å². The van der Waals surface area contributed by atoms with Gasteiger partial charge in [0.1, 0.15) is 6.17 Å². The lowest BCUT2D eigenvalue weighted by Crippen LogP contribution is -2.53. The summed E-state index contributed by atoms with van der Waals surface area (Å²) in [5.41, 5.74) is 8.01. The van der Waals surface area contributed by atoms with Crippen molar-refractivity contribution in [3.05, 3.63) is 106 Å². The highest BCUT2D eigenvalue weighted by Gasteiger charge is 2.35. The van der Waals surface area contributed by atoms with Crippen molar-refractivity contribution >= 4 is 11.6 Å². The second-order valence-corrected chi connectivity index (χ2v) is 10.8. The van der Waals surface area contributed by atoms with Crippen LogP contribution in [0, 0.1) is 0 Å². The van der Waals surface area contributed by atoms with E-state index in [9.17, 15) is 9.59 Å². The summed E-state index contributed by atoms with van der Waals surface area (Å²) in [4.78, 5) is 32.5. The summed E-state index contributed by atoms with van der Waals surface area (Å²) < 4.78 is 4.85. The fourth-order valence-electron chi connectivity index (χ4n) is 5.48. The van der Waals surface area contributed by atoms with Gasteiger partial charge in [0.25, 0.3) is 5.91 Å². The minimum atomic E-state index is -0.530. The Balaban J connectivity index is 1.46. The van der Waals surface area contributed by atoms with Crippen LogP contribution in [0.15, 0.2) is 93.4 Å². The van der Waals surface area contributed by atoms with Crippen molar-refractivity contribution in [3.63, 3.8) is 0 Å². The first-order valence-electron chi connectivity index (χ1n) is 14.0. The van der Waals surface area contributed by atoms with E-state index in [0.29, 0.717) is 18.2 Å². The Bertz CT molecular complexity index is 1580. The monoisotopic (exact) mass is 537 g/mol. The normalized spacial score (nSPS) is 15.8. The highest BCUT2D eigenvalue weighted by molar-refractivity contribution is 6.07. The van der Waals surface area contributed by atoms with E-state index in [2.05, 4.69) is 98.3 Å². The Kier molecular flexibility index (Phi) is 7.74. The van der Waals surface area contributed by atoms with Gasteiger partial charge < -0.3 is 4.90 Å². The molecule has 1 amide bonds. The molecule has 5 rings (SSSR count). The molecule has 0 saturated heterocycles. The zero-order chi connectivity index (χ0) is 28.4. The number of hydrogen-bond donors (Lipinski definition) is 1. The van der Waals surface area contributed by atoms with Gasteiger partial charge in [-0.2, -0.15) is 9.78 Å². The van der Waals surface area contributed by atoms with Gasteiger partial charge in [-0.3, -0.25) is 9.69 Å². The minimum Gasteiger partial charge on any atom is -0.357 e. The molecule has 0 saturated carbocycles. The molecule has 1 unspecified atom stereocenters. The number of benzene rings is 3. The van der Waals surface area contributed by atoms with Crippen LogP contribution in [0.4, 0.5) is 5.69 Å². The molecule has 206 valence electrons. The Hall–Kier alpha value is -4.39. The Morgan fingerprint density at radius 1 is 0.950 bits per heavy atom. The predicted octanol–water partition coefficient (Wildman–Crippen LogP) is 6.16. The van der Waals surface area contributed by atoms with Crippen molar-refractivity contribution in [2.75, 3.05) is 11.9 Å². The molecule has 0 fully saturated rings. The molecule has 7 heteroatoms. The predicted molar refractivity (Wildman–Crippen MR) is 158 cm³/mol. The molecular formula is C33H37N4O3+. The van der Waals surface area contributed by atoms with E-state index in [1.807, 2.05) is 29.2 Å². The molecular weight excluding hydrogens is 500 g/mol. The number of aromatic amines is 2. The standard InChI is InChI=1S/C33H36N4O3/c1-6-9-30-29(32(38)37(22(4)36(30)5)26-18-16-24(17-19-26)21(2)3)20-23-12-14-25(15-13-23)27-10-7-8-11-28(27)31-34-33(39)40-35-31/h7-8,10-19,21-22H,6,9,20H2,1-5H3,(H,34,35,39)/p+1. The Labute approximate surface area is 235 Å². The van der Waals surface area contributed by atoms with Crippen molar-refractivity contribution in [1.29, 1.82) is 0 Å². The van der Waals surface area contributed by atoms with Crippen LogP contribution in [0.25, 0.3) is 22.5 Å². The van der Waals surface area contributed by atoms with Crippen LogP contribution in [-0.2, 0) is 11.2 Å². The van der Waals surface area contributed by atoms with Gasteiger partial charge in [-0.25, -0.2) is 4.52 Å². The van der Waals surface area contributed by atoms with Gasteiger partial charge in [0.2, 0.25) is 0 Å². The molecule has 0 aliphatic carbocycles. The SMILES string of the molecule is CCCC1=C(Cc2ccc(-c3ccccc3-c3[nH]c(=O)o[nH+]3)cc2)C(=O)N(c2ccc(C(C)C)cc2)C(C)N1C. The topological polar surface area (TPSA) is 83.7 Å². The van der Waals surface area contributed by atoms with Gasteiger partial charge in [0.15, 0.2) is 0 Å². The van der Waals surface area contributed by atoms with E-state index in [1.165, 1.54) is 5.56 Å². The number of hydrogen-bond acceptors (Lipinski definition) is 4. The number of carbonyl (C=O) groups is 1. The number of rotatable bonds is 8. The van der Waals surface area contributed by atoms with Crippen LogP contribution in [0.5, 0.6) is 0 Å². The number of nitrogens with one attached hydrogen (secondary N) is 2. The van der Waals surface area contributed by atoms with Crippen LogP contribution in [0.1, 0.15) is 57.6 Å². The fraction of sp³-hybridized carbons (Fsp3) is 0.303. The molecule has 3 aromatic carbocycles. The number of amides is 1. The lowest BCUT2D eigenvalue weighted by molar-refractivity contribution is -0.602. The number of allylic oxidation sites excluding steroid dienone is 1. The third-order valence-corrected chi connectivity index (χ3v) is 7.83. The smallest absolute Gasteiger partial charge is 0.357 e. The third-order valence-electron chi connectivity index (χ3n) is 7.83. The first-order valence-corrected chi connectivity index (χ1v) is 14.0. The average Bonchev–Trinajstić information content (AvgIpc) is 3.40. The first-order chi connectivity index (χ1) is 19.3. The van der Waals surface area contributed by atoms with Crippen molar-refractivity contribution in [3.8, 4) is 22.5 Å². The zero-order valence-electron chi connectivity index (χ0n) is 23.8. The largest absolute Gasteiger partial charge is 0.547 e. The zero-order valence-corrected chi connectivity index (χ0v) is 23.8. The van der Waals surface area contributed by atoms with Gasteiger partial charge in [-0.1, -0.05) is 86.9 Å². The molecule has 40 heavy (non-hydrogen) atoms. The molecule has 1 atom stereocenters. The molecule has 1 aliphatic rings. The van der Waals surface area contributed by atoms with Crippen LogP contribution in [0.2, 0.25) is 0 Å². The van der Waals surface area contributed by atoms with Crippen molar-refractivity contribution in [2.24, 2.45) is 0 Å². The van der Waals surface area contributed by atoms with Crippen LogP contribution >= 0.6 is 0 Å². The van der Waals surface area contributed by atoms with E-state index >= 15 is 0 Å². The summed E-state index contributed by atoms with van der Waals surface area (Å²) in [5.74, 6) is 0.497. The van der Waals surface area contributed by atoms with E-state index in [4.69, 9.17) is 4.52 Å². The van der Waals surface area contributed by atoms with E-state index in [1.54, 1.807) is 0 Å². The average molecular weight is 538 g/mol. The van der Waals surface area contributed by atoms with E-state index in [-0.39, 0.29) is 12.1 Å². The highest BCUT2D eigenvalue weighted by Crippen LogP contribution is 2.34. The molecule has 7 nitrogen and oxygen atoms in total. The minimum absolute atomic E-state index is 0.0696. The highest BCUT2D eigenvalue weighted by atomic mass is 16.5. The van der Waals surface area contributed by atoms with Gasteiger partial charge in [0, 0.05) is 30.4 Å². The summed E-state index contributed by atoms with van der Waals surface area (Å²) >= 11 is 0. The molecule has 0 radical (unpaired) electrons. The summed E-state index contributed by atoms with van der Waals surface area (Å²) in [6, 6.07) is 24.5. The fourth-order valence-corrected chi connectivity index (χ4v) is 5.48. The quantitative estimate of drug-likeness (QED) is 0.292. The van der Waals surface area contributed by atoms with Crippen LogP contribution in [-0.4, -0.2) is 29.0 Å². The summed E-state index contributed by atoms with van der Waals surface area (Å²) in [5, 5.41) is 2.66. The van der Waals surface area contributed by atoms with Crippen LogP contribution < -0.4 is 15.8 Å². The first kappa shape index (κ1) is 27.2. The second kappa shape index (κ2) is 11.4. The summed E-state index contributed by atoms with van der Waals surface area (Å²) in [6.45, 7) is 8.60. The molecule has 2 heterocycles. The second-order valence-electron chi connectivity index (χ2n) is 10.8. The number of H-pyrrole nitrogens is 2. The van der Waals surface area contributed by atoms with Gasteiger partial charge >= 0.3 is 11.6 Å². The number of aromatic nitrogens is 2. The maximum Gasteiger partial charge on any atom is 0.547 e. The number of carbonyl (C=O) groups excluding carboxylic acids is 1. The van der Waals surface area contributed by atoms with Crippen molar-refractivity contribution in [2.45, 2.75) is 59.0 Å². The number of anilines is 1. The number of nitrogens with zero attached hydrogens (tertiary/aromatic N) is 2. The molecule has 1 aromatic heterocycles. The molecule has 0 bridgehead atoms.